The summed E-state index contributed by atoms with van der Waals surface area (Å²) in [5, 5.41) is 22.5. The van der Waals surface area contributed by atoms with Crippen molar-refractivity contribution in [2.24, 2.45) is 0 Å². The molecular formula is C20H17N3O6S. The number of thiophene rings is 1. The second kappa shape index (κ2) is 7.71. The van der Waals surface area contributed by atoms with Crippen LogP contribution < -0.4 is 10.9 Å². The van der Waals surface area contributed by atoms with E-state index in [1.807, 2.05) is 0 Å². The van der Waals surface area contributed by atoms with E-state index in [1.165, 1.54) is 35.6 Å². The number of anilines is 1. The van der Waals surface area contributed by atoms with Crippen molar-refractivity contribution in [1.29, 1.82) is 5.41 Å². The maximum absolute atomic E-state index is 12.9. The van der Waals surface area contributed by atoms with Crippen LogP contribution in [0.2, 0.25) is 0 Å². The number of nitrogens with one attached hydrogen (secondary N) is 2. The number of fused-ring (bicyclic) bond motifs is 2. The van der Waals surface area contributed by atoms with Gasteiger partial charge < -0.3 is 14.5 Å². The quantitative estimate of drug-likeness (QED) is 0.361. The van der Waals surface area contributed by atoms with Crippen molar-refractivity contribution >= 4 is 44.9 Å². The van der Waals surface area contributed by atoms with Gasteiger partial charge in [0.1, 0.15) is 16.1 Å². The maximum atomic E-state index is 12.9. The van der Waals surface area contributed by atoms with Crippen LogP contribution >= 0.6 is 11.3 Å². The lowest BCUT2D eigenvalue weighted by Gasteiger charge is -2.08. The molecule has 0 fully saturated rings. The van der Waals surface area contributed by atoms with E-state index in [9.17, 15) is 19.7 Å². The molecular weight excluding hydrogens is 410 g/mol. The largest absolute Gasteiger partial charge is 0.462 e. The van der Waals surface area contributed by atoms with Crippen molar-refractivity contribution in [3.8, 4) is 0 Å². The highest BCUT2D eigenvalue weighted by Gasteiger charge is 2.29. The lowest BCUT2D eigenvalue weighted by atomic mass is 10.1. The zero-order valence-corrected chi connectivity index (χ0v) is 16.8. The second-order valence-electron chi connectivity index (χ2n) is 6.70. The number of nitrogens with zero attached hydrogens (tertiary/aromatic N) is 1. The molecule has 0 saturated carbocycles. The van der Waals surface area contributed by atoms with Crippen LogP contribution in [-0.4, -0.2) is 23.4 Å². The molecule has 3 aromatic rings. The van der Waals surface area contributed by atoms with Crippen LogP contribution in [0.15, 0.2) is 28.7 Å². The summed E-state index contributed by atoms with van der Waals surface area (Å²) in [5.41, 5.74) is 0.897. The molecule has 1 aromatic carbocycles. The molecule has 0 bridgehead atoms. The SMILES string of the molecule is CCOC(=O)c1c(NC(=O)c2cc3cc([N+](=O)[O-])ccc3oc2=N)sc2c1CCC2. The minimum Gasteiger partial charge on any atom is -0.462 e. The van der Waals surface area contributed by atoms with E-state index in [4.69, 9.17) is 14.6 Å². The lowest BCUT2D eigenvalue weighted by Crippen LogP contribution is -2.21. The molecule has 10 heteroatoms. The monoisotopic (exact) mass is 427 g/mol. The molecule has 30 heavy (non-hydrogen) atoms. The molecule has 0 aliphatic heterocycles. The number of rotatable bonds is 5. The van der Waals surface area contributed by atoms with Crippen LogP contribution in [0.1, 0.15) is 44.5 Å². The van der Waals surface area contributed by atoms with E-state index in [2.05, 4.69) is 5.32 Å². The Hall–Kier alpha value is -3.53. The van der Waals surface area contributed by atoms with Crippen LogP contribution in [0.5, 0.6) is 0 Å². The number of nitro groups is 1. The standard InChI is InChI=1S/C20H17N3O6S/c1-2-28-20(25)16-12-4-3-5-15(12)30-19(16)22-18(24)13-9-10-8-11(23(26)27)6-7-14(10)29-17(13)21/h6-9,21H,2-5H2,1H3,(H,22,24). The third-order valence-electron chi connectivity index (χ3n) is 4.83. The van der Waals surface area contributed by atoms with E-state index in [0.29, 0.717) is 16.0 Å². The highest BCUT2D eigenvalue weighted by molar-refractivity contribution is 7.17. The first-order valence-electron chi connectivity index (χ1n) is 9.29. The highest BCUT2D eigenvalue weighted by atomic mass is 32.1. The van der Waals surface area contributed by atoms with Crippen LogP contribution in [-0.2, 0) is 17.6 Å². The van der Waals surface area contributed by atoms with Gasteiger partial charge in [-0.05, 0) is 43.9 Å². The molecule has 1 amide bonds. The van der Waals surface area contributed by atoms with Gasteiger partial charge in [0, 0.05) is 22.4 Å². The van der Waals surface area contributed by atoms with Gasteiger partial charge in [-0.15, -0.1) is 11.3 Å². The minimum absolute atomic E-state index is 0.0913. The zero-order valence-electron chi connectivity index (χ0n) is 15.9. The molecule has 0 atom stereocenters. The summed E-state index contributed by atoms with van der Waals surface area (Å²) in [6.45, 7) is 1.93. The summed E-state index contributed by atoms with van der Waals surface area (Å²) in [7, 11) is 0. The average Bonchev–Trinajstić information content (AvgIpc) is 3.27. The predicted molar refractivity (Wildman–Crippen MR) is 109 cm³/mol. The number of aryl methyl sites for hydroxylation is 1. The number of benzene rings is 1. The zero-order chi connectivity index (χ0) is 21.4. The van der Waals surface area contributed by atoms with Crippen molar-refractivity contribution in [3.63, 3.8) is 0 Å². The van der Waals surface area contributed by atoms with E-state index in [0.717, 1.165) is 29.7 Å². The first-order chi connectivity index (χ1) is 14.4. The van der Waals surface area contributed by atoms with E-state index >= 15 is 0 Å². The molecule has 1 aliphatic rings. The van der Waals surface area contributed by atoms with E-state index in [1.54, 1.807) is 6.92 Å². The van der Waals surface area contributed by atoms with Gasteiger partial charge >= 0.3 is 5.97 Å². The summed E-state index contributed by atoms with van der Waals surface area (Å²) in [6, 6.07) is 5.30. The van der Waals surface area contributed by atoms with Crippen molar-refractivity contribution in [3.05, 3.63) is 61.5 Å². The number of carbonyl (C=O) groups excluding carboxylic acids is 2. The van der Waals surface area contributed by atoms with Gasteiger partial charge in [-0.2, -0.15) is 0 Å². The molecule has 9 nitrogen and oxygen atoms in total. The number of esters is 1. The van der Waals surface area contributed by atoms with E-state index in [-0.39, 0.29) is 29.0 Å². The Morgan fingerprint density at radius 3 is 2.87 bits per heavy atom. The number of hydrogen-bond acceptors (Lipinski definition) is 8. The minimum atomic E-state index is -0.636. The topological polar surface area (TPSA) is 136 Å². The Morgan fingerprint density at radius 1 is 1.33 bits per heavy atom. The van der Waals surface area contributed by atoms with Gasteiger partial charge in [-0.3, -0.25) is 20.3 Å². The molecule has 0 spiro atoms. The fourth-order valence-electron chi connectivity index (χ4n) is 3.49. The Labute approximate surface area is 173 Å². The Bertz CT molecular complexity index is 1260. The average molecular weight is 427 g/mol. The molecule has 0 saturated heterocycles. The van der Waals surface area contributed by atoms with Crippen molar-refractivity contribution in [1.82, 2.24) is 0 Å². The number of carbonyl (C=O) groups is 2. The normalized spacial score (nSPS) is 12.6. The summed E-state index contributed by atoms with van der Waals surface area (Å²) < 4.78 is 10.5. The van der Waals surface area contributed by atoms with Crippen molar-refractivity contribution in [2.45, 2.75) is 26.2 Å². The Morgan fingerprint density at radius 2 is 2.13 bits per heavy atom. The molecule has 1 aliphatic carbocycles. The first kappa shape index (κ1) is 19.8. The fourth-order valence-corrected chi connectivity index (χ4v) is 4.76. The highest BCUT2D eigenvalue weighted by Crippen LogP contribution is 2.39. The van der Waals surface area contributed by atoms with Gasteiger partial charge in [-0.1, -0.05) is 0 Å². The van der Waals surface area contributed by atoms with Crippen LogP contribution in [0, 0.1) is 15.5 Å². The molecule has 0 unspecified atom stereocenters. The summed E-state index contributed by atoms with van der Waals surface area (Å²) in [4.78, 5) is 36.8. The van der Waals surface area contributed by atoms with Gasteiger partial charge in [0.15, 0.2) is 0 Å². The molecule has 2 heterocycles. The molecule has 2 aromatic heterocycles. The molecule has 4 rings (SSSR count). The smallest absolute Gasteiger partial charge is 0.341 e. The molecule has 2 N–H and O–H groups in total. The third kappa shape index (κ3) is 3.45. The Kier molecular flexibility index (Phi) is 5.08. The van der Waals surface area contributed by atoms with Gasteiger partial charge in [0.25, 0.3) is 11.6 Å². The summed E-state index contributed by atoms with van der Waals surface area (Å²) in [5.74, 6) is -1.13. The Balaban J connectivity index is 1.72. The second-order valence-corrected chi connectivity index (χ2v) is 7.81. The molecule has 0 radical (unpaired) electrons. The van der Waals surface area contributed by atoms with Gasteiger partial charge in [-0.25, -0.2) is 4.79 Å². The third-order valence-corrected chi connectivity index (χ3v) is 6.04. The summed E-state index contributed by atoms with van der Waals surface area (Å²) >= 11 is 1.33. The number of non-ortho nitro benzene ring substituents is 1. The number of amides is 1. The van der Waals surface area contributed by atoms with Crippen LogP contribution in [0.4, 0.5) is 10.7 Å². The summed E-state index contributed by atoms with van der Waals surface area (Å²) in [6.07, 6.45) is 2.52. The number of ether oxygens (including phenoxy) is 1. The van der Waals surface area contributed by atoms with Crippen molar-refractivity contribution in [2.75, 3.05) is 11.9 Å². The van der Waals surface area contributed by atoms with Crippen LogP contribution in [0.25, 0.3) is 11.0 Å². The predicted octanol–water partition coefficient (Wildman–Crippen LogP) is 3.80. The van der Waals surface area contributed by atoms with Crippen molar-refractivity contribution < 1.29 is 23.7 Å². The lowest BCUT2D eigenvalue weighted by molar-refractivity contribution is -0.384. The fraction of sp³-hybridized carbons (Fsp3) is 0.250. The van der Waals surface area contributed by atoms with E-state index < -0.39 is 16.8 Å². The first-order valence-corrected chi connectivity index (χ1v) is 10.1. The molecule has 154 valence electrons. The number of nitro benzene ring substituents is 1. The van der Waals surface area contributed by atoms with Crippen LogP contribution in [0.3, 0.4) is 0 Å². The van der Waals surface area contributed by atoms with Gasteiger partial charge in [0.05, 0.1) is 17.1 Å². The maximum Gasteiger partial charge on any atom is 0.341 e. The number of hydrogen-bond donors (Lipinski definition) is 2. The van der Waals surface area contributed by atoms with Gasteiger partial charge in [0.2, 0.25) is 5.55 Å².